The molecule has 0 saturated carbocycles. The minimum atomic E-state index is -3.94. The molecule has 0 amide bonds. The first-order valence-corrected chi connectivity index (χ1v) is 12.2. The average Bonchev–Trinajstić information content (AvgIpc) is 3.04. The van der Waals surface area contributed by atoms with Crippen molar-refractivity contribution in [2.45, 2.75) is 23.3 Å². The zero-order chi connectivity index (χ0) is 22.0. The number of aromatic nitrogens is 1. The fraction of sp³-hybridized carbons (Fsp3) is 0.150. The third kappa shape index (κ3) is 3.12. The van der Waals surface area contributed by atoms with E-state index in [9.17, 15) is 31.1 Å². The van der Waals surface area contributed by atoms with Crippen molar-refractivity contribution >= 4 is 42.1 Å². The van der Waals surface area contributed by atoms with Crippen molar-refractivity contribution in [1.82, 2.24) is 4.57 Å². The molecule has 1 aromatic heterocycles. The fourth-order valence-electron chi connectivity index (χ4n) is 3.80. The molecule has 0 aliphatic carbocycles. The van der Waals surface area contributed by atoms with Crippen LogP contribution in [0.4, 0.5) is 4.39 Å². The monoisotopic (exact) mass is 449 g/mol. The molecule has 156 valence electrons. The number of sulfone groups is 2. The highest BCUT2D eigenvalue weighted by Crippen LogP contribution is 2.43. The number of hydrogen-bond donors (Lipinski definition) is 1. The van der Waals surface area contributed by atoms with Gasteiger partial charge in [-0.05, 0) is 37.3 Å². The summed E-state index contributed by atoms with van der Waals surface area (Å²) in [6.07, 6.45) is 0.983. The van der Waals surface area contributed by atoms with E-state index >= 15 is 0 Å². The van der Waals surface area contributed by atoms with E-state index in [4.69, 9.17) is 0 Å². The first-order chi connectivity index (χ1) is 13.9. The van der Waals surface area contributed by atoms with Gasteiger partial charge in [-0.3, -0.25) is 4.79 Å². The average molecular weight is 449 g/mol. The molecular weight excluding hydrogens is 433 g/mol. The summed E-state index contributed by atoms with van der Waals surface area (Å²) in [5, 5.41) is 10.7. The van der Waals surface area contributed by atoms with Crippen molar-refractivity contribution in [1.29, 1.82) is 0 Å². The molecule has 10 heteroatoms. The van der Waals surface area contributed by atoms with Crippen LogP contribution >= 0.6 is 0 Å². The zero-order valence-electron chi connectivity index (χ0n) is 15.9. The van der Waals surface area contributed by atoms with Gasteiger partial charge in [0.15, 0.2) is 9.84 Å². The summed E-state index contributed by atoms with van der Waals surface area (Å²) < 4.78 is 64.7. The minimum Gasteiger partial charge on any atom is -0.480 e. The van der Waals surface area contributed by atoms with E-state index in [-0.39, 0.29) is 27.5 Å². The predicted octanol–water partition coefficient (Wildman–Crippen LogP) is 2.75. The number of fused-ring (bicyclic) bond motifs is 2. The minimum absolute atomic E-state index is 0.129. The topological polar surface area (TPSA) is 111 Å². The number of halogens is 1. The zero-order valence-corrected chi connectivity index (χ0v) is 17.5. The number of aliphatic carboxylic acids is 1. The second-order valence-corrected chi connectivity index (χ2v) is 10.9. The lowest BCUT2D eigenvalue weighted by Gasteiger charge is -2.08. The van der Waals surface area contributed by atoms with Crippen LogP contribution in [-0.2, 0) is 31.0 Å². The van der Waals surface area contributed by atoms with Gasteiger partial charge >= 0.3 is 5.97 Å². The molecule has 2 heterocycles. The van der Waals surface area contributed by atoms with Gasteiger partial charge < -0.3 is 9.67 Å². The van der Waals surface area contributed by atoms with E-state index in [0.29, 0.717) is 22.2 Å². The van der Waals surface area contributed by atoms with Crippen molar-refractivity contribution in [3.63, 3.8) is 0 Å². The van der Waals surface area contributed by atoms with Crippen molar-refractivity contribution in [2.24, 2.45) is 0 Å². The molecule has 1 aliphatic rings. The summed E-state index contributed by atoms with van der Waals surface area (Å²) in [5.74, 6) is -1.65. The van der Waals surface area contributed by atoms with Crippen LogP contribution in [0, 0.1) is 12.7 Å². The van der Waals surface area contributed by atoms with Gasteiger partial charge in [0.25, 0.3) is 0 Å². The van der Waals surface area contributed by atoms with E-state index in [1.165, 1.54) is 34.9 Å². The third-order valence-corrected chi connectivity index (χ3v) is 7.71. The Morgan fingerprint density at radius 3 is 2.50 bits per heavy atom. The van der Waals surface area contributed by atoms with Crippen molar-refractivity contribution in [3.8, 4) is 0 Å². The number of carboxylic acids is 1. The maximum absolute atomic E-state index is 14.0. The molecule has 2 aromatic carbocycles. The third-order valence-electron chi connectivity index (χ3n) is 5.10. The Morgan fingerprint density at radius 1 is 1.17 bits per heavy atom. The van der Waals surface area contributed by atoms with Crippen LogP contribution in [0.15, 0.2) is 51.6 Å². The van der Waals surface area contributed by atoms with E-state index < -0.39 is 31.5 Å². The van der Waals surface area contributed by atoms with Crippen LogP contribution in [0.3, 0.4) is 0 Å². The molecule has 0 saturated heterocycles. The number of benzene rings is 2. The summed E-state index contributed by atoms with van der Waals surface area (Å²) in [5.41, 5.74) is 1.84. The maximum Gasteiger partial charge on any atom is 0.323 e. The maximum atomic E-state index is 14.0. The molecule has 0 fully saturated rings. The second kappa shape index (κ2) is 6.51. The van der Waals surface area contributed by atoms with Crippen LogP contribution in [-0.4, -0.2) is 38.7 Å². The number of nitrogens with zero attached hydrogens (tertiary/aromatic N) is 1. The molecule has 30 heavy (non-hydrogen) atoms. The van der Waals surface area contributed by atoms with Gasteiger partial charge in [-0.1, -0.05) is 6.07 Å². The Hall–Kier alpha value is -2.98. The van der Waals surface area contributed by atoms with Crippen LogP contribution < -0.4 is 0 Å². The number of hydrogen-bond acceptors (Lipinski definition) is 5. The summed E-state index contributed by atoms with van der Waals surface area (Å²) in [6.45, 7) is 1.25. The highest BCUT2D eigenvalue weighted by atomic mass is 32.2. The van der Waals surface area contributed by atoms with E-state index in [0.717, 1.165) is 17.7 Å². The first kappa shape index (κ1) is 20.3. The molecule has 0 atom stereocenters. The van der Waals surface area contributed by atoms with Crippen molar-refractivity contribution < 1.29 is 31.1 Å². The molecule has 7 nitrogen and oxygen atoms in total. The summed E-state index contributed by atoms with van der Waals surface area (Å²) in [7, 11) is -7.56. The predicted molar refractivity (Wildman–Crippen MR) is 108 cm³/mol. The van der Waals surface area contributed by atoms with E-state index in [2.05, 4.69) is 0 Å². The van der Waals surface area contributed by atoms with Crippen LogP contribution in [0.2, 0.25) is 0 Å². The molecule has 0 spiro atoms. The summed E-state index contributed by atoms with van der Waals surface area (Å²) in [6, 6.07) is 7.70. The smallest absolute Gasteiger partial charge is 0.323 e. The number of rotatable bonds is 4. The fourth-order valence-corrected chi connectivity index (χ4v) is 5.98. The van der Waals surface area contributed by atoms with E-state index in [1.54, 1.807) is 6.92 Å². The van der Waals surface area contributed by atoms with Crippen molar-refractivity contribution in [2.75, 3.05) is 6.26 Å². The molecule has 0 bridgehead atoms. The second-order valence-electron chi connectivity index (χ2n) is 7.11. The summed E-state index contributed by atoms with van der Waals surface area (Å²) >= 11 is 0. The summed E-state index contributed by atoms with van der Waals surface area (Å²) in [4.78, 5) is 11.0. The molecule has 3 aromatic rings. The van der Waals surface area contributed by atoms with Gasteiger partial charge in [0.2, 0.25) is 9.84 Å². The lowest BCUT2D eigenvalue weighted by Crippen LogP contribution is -2.10. The van der Waals surface area contributed by atoms with Gasteiger partial charge in [0, 0.05) is 45.0 Å². The van der Waals surface area contributed by atoms with E-state index in [1.807, 2.05) is 0 Å². The molecule has 0 radical (unpaired) electrons. The molecule has 4 rings (SSSR count). The molecule has 1 N–H and O–H groups in total. The van der Waals surface area contributed by atoms with Gasteiger partial charge in [0.05, 0.1) is 9.79 Å². The Bertz CT molecular complexity index is 1500. The van der Waals surface area contributed by atoms with Gasteiger partial charge in [0.1, 0.15) is 12.4 Å². The number of carbonyl (C=O) groups is 1. The number of carboxylic acid groups (broad SMARTS) is 1. The van der Waals surface area contributed by atoms with Gasteiger partial charge in [-0.15, -0.1) is 0 Å². The Kier molecular flexibility index (Phi) is 4.41. The standard InChI is InChI=1S/C20H16FNO6S2/c1-11-20(15-7-12(21)3-6-17(15)22(11)9-19(23)24)16-10-30(27,28)18-8-13(29(2,25)26)4-5-14(16)18/h3-8,10H,9H2,1-2H3,(H,23,24). The van der Waals surface area contributed by atoms with Crippen LogP contribution in [0.5, 0.6) is 0 Å². The molecular formula is C20H16FNO6S2. The Labute approximate surface area is 171 Å². The van der Waals surface area contributed by atoms with Crippen molar-refractivity contribution in [3.05, 3.63) is 64.4 Å². The molecule has 1 aliphatic heterocycles. The Balaban J connectivity index is 2.05. The van der Waals surface area contributed by atoms with Gasteiger partial charge in [-0.25, -0.2) is 21.2 Å². The van der Waals surface area contributed by atoms with Crippen LogP contribution in [0.25, 0.3) is 16.5 Å². The largest absolute Gasteiger partial charge is 0.480 e. The lowest BCUT2D eigenvalue weighted by molar-refractivity contribution is -0.137. The Morgan fingerprint density at radius 2 is 1.87 bits per heavy atom. The normalized spacial score (nSPS) is 15.2. The first-order valence-electron chi connectivity index (χ1n) is 8.72. The molecule has 0 unspecified atom stereocenters. The van der Waals surface area contributed by atoms with Crippen LogP contribution in [0.1, 0.15) is 16.8 Å². The van der Waals surface area contributed by atoms with Gasteiger partial charge in [-0.2, -0.15) is 0 Å². The SMILES string of the molecule is Cc1c(C2=CS(=O)(=O)c3cc(S(C)(=O)=O)ccc32)c2cc(F)ccc2n1CC(=O)O. The quantitative estimate of drug-likeness (QED) is 0.656. The highest BCUT2D eigenvalue weighted by Gasteiger charge is 2.32. The highest BCUT2D eigenvalue weighted by molar-refractivity contribution is 7.95. The lowest BCUT2D eigenvalue weighted by atomic mass is 9.97.